The molecule has 0 amide bonds. The Morgan fingerprint density at radius 2 is 1.07 bits per heavy atom. The van der Waals surface area contributed by atoms with Crippen molar-refractivity contribution in [2.45, 2.75) is 37.9 Å². The lowest BCUT2D eigenvalue weighted by Gasteiger charge is -2.24. The summed E-state index contributed by atoms with van der Waals surface area (Å²) in [6.45, 7) is 2.47. The summed E-state index contributed by atoms with van der Waals surface area (Å²) in [5.41, 5.74) is 2.27. The smallest absolute Gasteiger partial charge is 0.119 e. The van der Waals surface area contributed by atoms with Gasteiger partial charge in [0.2, 0.25) is 0 Å². The Morgan fingerprint density at radius 3 is 1.50 bits per heavy atom. The average Bonchev–Trinajstić information content (AvgIpc) is 2.78. The SMILES string of the molecule is Cc1ccc(C(CC(O)COc2ccccc2)CC(O)COc2ccccc2)cc1. The van der Waals surface area contributed by atoms with Gasteiger partial charge in [-0.2, -0.15) is 0 Å². The zero-order chi connectivity index (χ0) is 21.2. The average molecular weight is 407 g/mol. The van der Waals surface area contributed by atoms with Crippen LogP contribution < -0.4 is 9.47 Å². The van der Waals surface area contributed by atoms with Crippen molar-refractivity contribution in [3.8, 4) is 11.5 Å². The Labute approximate surface area is 178 Å². The normalized spacial score (nSPS) is 14.0. The molecule has 0 saturated heterocycles. The maximum Gasteiger partial charge on any atom is 0.119 e. The van der Waals surface area contributed by atoms with E-state index < -0.39 is 12.2 Å². The summed E-state index contributed by atoms with van der Waals surface area (Å²) in [6.07, 6.45) is -0.283. The Hall–Kier alpha value is -2.82. The van der Waals surface area contributed by atoms with E-state index in [2.05, 4.69) is 24.3 Å². The van der Waals surface area contributed by atoms with Gasteiger partial charge in [-0.15, -0.1) is 0 Å². The molecular formula is C26H30O4. The van der Waals surface area contributed by atoms with E-state index in [0.29, 0.717) is 12.8 Å². The van der Waals surface area contributed by atoms with Crippen LogP contribution in [0.15, 0.2) is 84.9 Å². The molecule has 158 valence electrons. The van der Waals surface area contributed by atoms with Crippen molar-refractivity contribution in [3.05, 3.63) is 96.1 Å². The third kappa shape index (κ3) is 7.21. The van der Waals surface area contributed by atoms with E-state index in [4.69, 9.17) is 9.47 Å². The molecule has 4 heteroatoms. The van der Waals surface area contributed by atoms with Crippen LogP contribution in [0.5, 0.6) is 11.5 Å². The van der Waals surface area contributed by atoms with Crippen molar-refractivity contribution in [1.82, 2.24) is 0 Å². The summed E-state index contributed by atoms with van der Waals surface area (Å²) < 4.78 is 11.4. The van der Waals surface area contributed by atoms with E-state index in [1.165, 1.54) is 5.56 Å². The summed E-state index contributed by atoms with van der Waals surface area (Å²) in [7, 11) is 0. The lowest BCUT2D eigenvalue weighted by molar-refractivity contribution is 0.0680. The Bertz CT molecular complexity index is 798. The summed E-state index contributed by atoms with van der Waals surface area (Å²) >= 11 is 0. The fourth-order valence-electron chi connectivity index (χ4n) is 3.42. The van der Waals surface area contributed by atoms with Gasteiger partial charge in [-0.3, -0.25) is 0 Å². The summed E-state index contributed by atoms with van der Waals surface area (Å²) in [4.78, 5) is 0. The molecule has 2 unspecified atom stereocenters. The Kier molecular flexibility index (Phi) is 8.30. The number of aliphatic hydroxyl groups excluding tert-OH is 2. The van der Waals surface area contributed by atoms with Gasteiger partial charge in [-0.1, -0.05) is 66.2 Å². The third-order valence-electron chi connectivity index (χ3n) is 5.03. The molecule has 3 rings (SSSR count). The largest absolute Gasteiger partial charge is 0.491 e. The van der Waals surface area contributed by atoms with E-state index in [0.717, 1.165) is 17.1 Å². The van der Waals surface area contributed by atoms with E-state index in [-0.39, 0.29) is 19.1 Å². The number of aryl methyl sites for hydroxylation is 1. The second kappa shape index (κ2) is 11.4. The summed E-state index contributed by atoms with van der Waals surface area (Å²) in [5, 5.41) is 21.2. The number of rotatable bonds is 11. The number of para-hydroxylation sites is 2. The molecule has 2 atom stereocenters. The zero-order valence-corrected chi connectivity index (χ0v) is 17.4. The molecule has 4 nitrogen and oxygen atoms in total. The first-order chi connectivity index (χ1) is 14.6. The maximum absolute atomic E-state index is 10.6. The maximum atomic E-state index is 10.6. The number of aliphatic hydroxyl groups is 2. The molecule has 0 aliphatic rings. The van der Waals surface area contributed by atoms with Gasteiger partial charge >= 0.3 is 0 Å². The molecule has 3 aromatic carbocycles. The molecule has 0 aromatic heterocycles. The van der Waals surface area contributed by atoms with Crippen LogP contribution in [0.1, 0.15) is 29.9 Å². The van der Waals surface area contributed by atoms with Crippen LogP contribution >= 0.6 is 0 Å². The first-order valence-corrected chi connectivity index (χ1v) is 10.4. The summed E-state index contributed by atoms with van der Waals surface area (Å²) in [5.74, 6) is 1.47. The van der Waals surface area contributed by atoms with Crippen LogP contribution in [-0.2, 0) is 0 Å². The predicted octanol–water partition coefficient (Wildman–Crippen LogP) is 4.74. The monoisotopic (exact) mass is 406 g/mol. The van der Waals surface area contributed by atoms with E-state index in [9.17, 15) is 10.2 Å². The second-order valence-corrected chi connectivity index (χ2v) is 7.63. The van der Waals surface area contributed by atoms with E-state index >= 15 is 0 Å². The van der Waals surface area contributed by atoms with Crippen molar-refractivity contribution in [1.29, 1.82) is 0 Å². The van der Waals surface area contributed by atoms with Gasteiger partial charge in [0, 0.05) is 0 Å². The van der Waals surface area contributed by atoms with Gasteiger partial charge in [-0.25, -0.2) is 0 Å². The zero-order valence-electron chi connectivity index (χ0n) is 17.4. The second-order valence-electron chi connectivity index (χ2n) is 7.63. The van der Waals surface area contributed by atoms with Crippen molar-refractivity contribution in [3.63, 3.8) is 0 Å². The van der Waals surface area contributed by atoms with Gasteiger partial charge in [-0.05, 0) is 55.5 Å². The highest BCUT2D eigenvalue weighted by Gasteiger charge is 2.21. The quantitative estimate of drug-likeness (QED) is 0.483. The lowest BCUT2D eigenvalue weighted by atomic mass is 9.88. The highest BCUT2D eigenvalue weighted by molar-refractivity contribution is 5.25. The molecule has 3 aromatic rings. The molecule has 30 heavy (non-hydrogen) atoms. The van der Waals surface area contributed by atoms with E-state index in [1.807, 2.05) is 67.6 Å². The van der Waals surface area contributed by atoms with Gasteiger partial charge in [0.25, 0.3) is 0 Å². The molecule has 0 radical (unpaired) electrons. The molecule has 0 fully saturated rings. The van der Waals surface area contributed by atoms with Gasteiger partial charge in [0.05, 0.1) is 12.2 Å². The van der Waals surface area contributed by atoms with Crippen LogP contribution in [0.4, 0.5) is 0 Å². The molecular weight excluding hydrogens is 376 g/mol. The molecule has 0 spiro atoms. The van der Waals surface area contributed by atoms with Crippen molar-refractivity contribution < 1.29 is 19.7 Å². The van der Waals surface area contributed by atoms with Crippen molar-refractivity contribution in [2.75, 3.05) is 13.2 Å². The molecule has 0 bridgehead atoms. The standard InChI is InChI=1S/C26H30O4/c1-20-12-14-21(15-13-20)22(16-23(27)18-29-25-8-4-2-5-9-25)17-24(28)19-30-26-10-6-3-7-11-26/h2-15,22-24,27-28H,16-19H2,1H3. The van der Waals surface area contributed by atoms with E-state index in [1.54, 1.807) is 0 Å². The number of hydrogen-bond donors (Lipinski definition) is 2. The fraction of sp³-hybridized carbons (Fsp3) is 0.308. The van der Waals surface area contributed by atoms with Gasteiger partial charge in [0.15, 0.2) is 0 Å². The van der Waals surface area contributed by atoms with Gasteiger partial charge < -0.3 is 19.7 Å². The minimum Gasteiger partial charge on any atom is -0.491 e. The van der Waals surface area contributed by atoms with Crippen LogP contribution in [0, 0.1) is 6.92 Å². The molecule has 0 heterocycles. The third-order valence-corrected chi connectivity index (χ3v) is 5.03. The van der Waals surface area contributed by atoms with Crippen LogP contribution in [0.2, 0.25) is 0 Å². The first-order valence-electron chi connectivity index (χ1n) is 10.4. The molecule has 0 aliphatic heterocycles. The molecule has 0 saturated carbocycles. The van der Waals surface area contributed by atoms with Crippen LogP contribution in [0.3, 0.4) is 0 Å². The topological polar surface area (TPSA) is 58.9 Å². The highest BCUT2D eigenvalue weighted by atomic mass is 16.5. The summed E-state index contributed by atoms with van der Waals surface area (Å²) in [6, 6.07) is 27.2. The van der Waals surface area contributed by atoms with Crippen LogP contribution in [-0.4, -0.2) is 35.6 Å². The Balaban J connectivity index is 1.58. The minimum absolute atomic E-state index is 0.00523. The highest BCUT2D eigenvalue weighted by Crippen LogP contribution is 2.28. The number of benzene rings is 3. The fourth-order valence-corrected chi connectivity index (χ4v) is 3.42. The number of hydrogen-bond acceptors (Lipinski definition) is 4. The predicted molar refractivity (Wildman–Crippen MR) is 119 cm³/mol. The molecule has 0 aliphatic carbocycles. The van der Waals surface area contributed by atoms with Crippen molar-refractivity contribution >= 4 is 0 Å². The number of ether oxygens (including phenoxy) is 2. The minimum atomic E-state index is -0.640. The molecule has 2 N–H and O–H groups in total. The Morgan fingerprint density at radius 1 is 0.633 bits per heavy atom. The van der Waals surface area contributed by atoms with Gasteiger partial charge in [0.1, 0.15) is 24.7 Å². The first kappa shape index (κ1) is 21.9. The lowest BCUT2D eigenvalue weighted by Crippen LogP contribution is -2.25. The van der Waals surface area contributed by atoms with Crippen LogP contribution in [0.25, 0.3) is 0 Å². The van der Waals surface area contributed by atoms with Crippen molar-refractivity contribution in [2.24, 2.45) is 0 Å².